The van der Waals surface area contributed by atoms with Gasteiger partial charge in [-0.05, 0) is 42.3 Å². The van der Waals surface area contributed by atoms with Crippen LogP contribution in [0.15, 0.2) is 84.0 Å². The number of nitrogens with zero attached hydrogens (tertiary/aromatic N) is 3. The van der Waals surface area contributed by atoms with Crippen LogP contribution in [0.5, 0.6) is 0 Å². The molecule has 4 aromatic rings. The molecule has 0 saturated carbocycles. The molecule has 0 saturated heterocycles. The Balaban J connectivity index is 1.62. The van der Waals surface area contributed by atoms with Gasteiger partial charge in [0.25, 0.3) is 5.91 Å². The SMILES string of the molecule is Cc1ccc2cc(C3CC(c4ccccc4)=NN3C(=O)c3ccccc3Cl)c(Cl)nc2c1. The van der Waals surface area contributed by atoms with Crippen LogP contribution in [0, 0.1) is 6.92 Å². The molecular weight excluding hydrogens is 441 g/mol. The zero-order valence-corrected chi connectivity index (χ0v) is 18.8. The number of carbonyl (C=O) groups excluding carboxylic acids is 1. The van der Waals surface area contributed by atoms with Crippen molar-refractivity contribution in [1.82, 2.24) is 9.99 Å². The van der Waals surface area contributed by atoms with Crippen LogP contribution >= 0.6 is 23.2 Å². The number of carbonyl (C=O) groups is 1. The highest BCUT2D eigenvalue weighted by molar-refractivity contribution is 6.34. The topological polar surface area (TPSA) is 45.6 Å². The van der Waals surface area contributed by atoms with Gasteiger partial charge in [-0.2, -0.15) is 5.10 Å². The summed E-state index contributed by atoms with van der Waals surface area (Å²) in [5, 5.41) is 7.94. The van der Waals surface area contributed by atoms with E-state index in [0.29, 0.717) is 22.2 Å². The molecule has 2 heterocycles. The first kappa shape index (κ1) is 20.7. The van der Waals surface area contributed by atoms with Gasteiger partial charge in [-0.15, -0.1) is 0 Å². The van der Waals surface area contributed by atoms with E-state index in [1.54, 1.807) is 24.3 Å². The molecule has 1 unspecified atom stereocenters. The van der Waals surface area contributed by atoms with Crippen molar-refractivity contribution in [3.63, 3.8) is 0 Å². The maximum Gasteiger partial charge on any atom is 0.276 e. The molecule has 1 atom stereocenters. The molecule has 0 aliphatic carbocycles. The third kappa shape index (κ3) is 3.77. The largest absolute Gasteiger partial charge is 0.276 e. The van der Waals surface area contributed by atoms with Gasteiger partial charge in [-0.3, -0.25) is 4.79 Å². The predicted molar refractivity (Wildman–Crippen MR) is 129 cm³/mol. The molecule has 1 amide bonds. The van der Waals surface area contributed by atoms with E-state index >= 15 is 0 Å². The fraction of sp³-hybridized carbons (Fsp3) is 0.115. The molecule has 0 N–H and O–H groups in total. The van der Waals surface area contributed by atoms with Gasteiger partial charge in [0.2, 0.25) is 0 Å². The molecule has 1 aromatic heterocycles. The van der Waals surface area contributed by atoms with Gasteiger partial charge in [0.15, 0.2) is 0 Å². The van der Waals surface area contributed by atoms with Crippen molar-refractivity contribution in [2.24, 2.45) is 5.10 Å². The van der Waals surface area contributed by atoms with Crippen molar-refractivity contribution in [3.8, 4) is 0 Å². The van der Waals surface area contributed by atoms with Gasteiger partial charge in [0.1, 0.15) is 5.15 Å². The number of hydrogen-bond donors (Lipinski definition) is 0. The van der Waals surface area contributed by atoms with Crippen molar-refractivity contribution in [2.75, 3.05) is 0 Å². The standard InChI is InChI=1S/C26H19Cl2N3O/c1-16-11-12-18-14-20(25(28)29-22(18)13-16)24-15-23(17-7-3-2-4-8-17)30-31(24)26(32)19-9-5-6-10-21(19)27/h2-14,24H,15H2,1H3. The number of rotatable bonds is 3. The third-order valence-corrected chi connectivity index (χ3v) is 6.27. The summed E-state index contributed by atoms with van der Waals surface area (Å²) < 4.78 is 0. The summed E-state index contributed by atoms with van der Waals surface area (Å²) in [5.41, 5.74) is 4.88. The summed E-state index contributed by atoms with van der Waals surface area (Å²) in [5.74, 6) is -0.272. The smallest absolute Gasteiger partial charge is 0.267 e. The summed E-state index contributed by atoms with van der Waals surface area (Å²) in [4.78, 5) is 18.1. The summed E-state index contributed by atoms with van der Waals surface area (Å²) in [6, 6.07) is 24.5. The lowest BCUT2D eigenvalue weighted by Crippen LogP contribution is -2.27. The zero-order chi connectivity index (χ0) is 22.2. The normalized spacial score (nSPS) is 15.8. The van der Waals surface area contributed by atoms with Crippen molar-refractivity contribution < 1.29 is 4.79 Å². The molecule has 5 rings (SSSR count). The number of halogens is 2. The molecule has 1 aliphatic heterocycles. The predicted octanol–water partition coefficient (Wildman–Crippen LogP) is 6.84. The summed E-state index contributed by atoms with van der Waals surface area (Å²) in [6.07, 6.45) is 0.527. The molecule has 32 heavy (non-hydrogen) atoms. The van der Waals surface area contributed by atoms with Crippen LogP contribution in [0.2, 0.25) is 10.2 Å². The van der Waals surface area contributed by atoms with Crippen LogP contribution in [0.1, 0.15) is 39.5 Å². The van der Waals surface area contributed by atoms with Crippen LogP contribution in [0.3, 0.4) is 0 Å². The lowest BCUT2D eigenvalue weighted by Gasteiger charge is -2.23. The van der Waals surface area contributed by atoms with Crippen molar-refractivity contribution in [1.29, 1.82) is 0 Å². The molecule has 1 aliphatic rings. The number of pyridine rings is 1. The van der Waals surface area contributed by atoms with E-state index in [-0.39, 0.29) is 11.9 Å². The van der Waals surface area contributed by atoms with Crippen molar-refractivity contribution in [2.45, 2.75) is 19.4 Å². The summed E-state index contributed by atoms with van der Waals surface area (Å²) in [7, 11) is 0. The van der Waals surface area contributed by atoms with Gasteiger partial charge in [0.05, 0.1) is 27.9 Å². The Kier molecular flexibility index (Phi) is 5.41. The highest BCUT2D eigenvalue weighted by atomic mass is 35.5. The minimum absolute atomic E-state index is 0.272. The first-order valence-electron chi connectivity index (χ1n) is 10.3. The minimum atomic E-state index is -0.389. The van der Waals surface area contributed by atoms with Crippen molar-refractivity contribution >= 4 is 45.7 Å². The molecule has 0 fully saturated rings. The molecule has 4 nitrogen and oxygen atoms in total. The lowest BCUT2D eigenvalue weighted by molar-refractivity contribution is 0.0711. The monoisotopic (exact) mass is 459 g/mol. The van der Waals surface area contributed by atoms with E-state index in [9.17, 15) is 4.79 Å². The van der Waals surface area contributed by atoms with Gasteiger partial charge in [0, 0.05) is 17.4 Å². The molecule has 158 valence electrons. The Morgan fingerprint density at radius 1 is 0.969 bits per heavy atom. The first-order chi connectivity index (χ1) is 15.5. The molecule has 0 bridgehead atoms. The van der Waals surface area contributed by atoms with Crippen LogP contribution in [-0.4, -0.2) is 21.6 Å². The van der Waals surface area contributed by atoms with Crippen LogP contribution in [0.4, 0.5) is 0 Å². The Hall–Kier alpha value is -3.21. The van der Waals surface area contributed by atoms with Crippen LogP contribution in [0.25, 0.3) is 10.9 Å². The highest BCUT2D eigenvalue weighted by Crippen LogP contribution is 2.38. The van der Waals surface area contributed by atoms with Gasteiger partial charge >= 0.3 is 0 Å². The number of hydrazone groups is 1. The Labute approximate surface area is 196 Å². The maximum absolute atomic E-state index is 13.5. The Morgan fingerprint density at radius 2 is 1.72 bits per heavy atom. The minimum Gasteiger partial charge on any atom is -0.267 e. The number of aromatic nitrogens is 1. The summed E-state index contributed by atoms with van der Waals surface area (Å²) in [6.45, 7) is 2.02. The zero-order valence-electron chi connectivity index (χ0n) is 17.3. The molecule has 3 aromatic carbocycles. The van der Waals surface area contributed by atoms with Crippen molar-refractivity contribution in [3.05, 3.63) is 111 Å². The van der Waals surface area contributed by atoms with Crippen LogP contribution in [-0.2, 0) is 0 Å². The summed E-state index contributed by atoms with van der Waals surface area (Å²) >= 11 is 13.0. The number of fused-ring (bicyclic) bond motifs is 1. The average molecular weight is 460 g/mol. The van der Waals surface area contributed by atoms with E-state index in [1.807, 2.05) is 61.5 Å². The second-order valence-corrected chi connectivity index (χ2v) is 8.59. The van der Waals surface area contributed by atoms with Gasteiger partial charge < -0.3 is 0 Å². The average Bonchev–Trinajstić information content (AvgIpc) is 3.24. The van der Waals surface area contributed by atoms with E-state index < -0.39 is 0 Å². The molecule has 6 heteroatoms. The molecule has 0 radical (unpaired) electrons. The van der Waals surface area contributed by atoms with Gasteiger partial charge in [-0.1, -0.05) is 77.8 Å². The fourth-order valence-corrected chi connectivity index (χ4v) is 4.49. The molecular formula is C26H19Cl2N3O. The van der Waals surface area contributed by atoms with Gasteiger partial charge in [-0.25, -0.2) is 9.99 Å². The fourth-order valence-electron chi connectivity index (χ4n) is 4.01. The van der Waals surface area contributed by atoms with E-state index in [4.69, 9.17) is 28.3 Å². The first-order valence-corrected chi connectivity index (χ1v) is 11.0. The number of amides is 1. The van der Waals surface area contributed by atoms with E-state index in [1.165, 1.54) is 5.01 Å². The van der Waals surface area contributed by atoms with E-state index in [0.717, 1.165) is 33.3 Å². The quantitative estimate of drug-likeness (QED) is 0.314. The molecule has 0 spiro atoms. The number of hydrogen-bond acceptors (Lipinski definition) is 3. The highest BCUT2D eigenvalue weighted by Gasteiger charge is 2.36. The Morgan fingerprint density at radius 3 is 2.50 bits per heavy atom. The lowest BCUT2D eigenvalue weighted by atomic mass is 9.98. The second kappa shape index (κ2) is 8.38. The second-order valence-electron chi connectivity index (χ2n) is 7.83. The maximum atomic E-state index is 13.5. The third-order valence-electron chi connectivity index (χ3n) is 5.64. The van der Waals surface area contributed by atoms with E-state index in [2.05, 4.69) is 4.98 Å². The van der Waals surface area contributed by atoms with Crippen LogP contribution < -0.4 is 0 Å². The number of aryl methyl sites for hydroxylation is 1. The number of benzene rings is 3. The Bertz CT molecular complexity index is 1370.